The number of allylic oxidation sites excluding steroid dienone is 16. The lowest BCUT2D eigenvalue weighted by Crippen LogP contribution is -2.30. The monoisotopic (exact) mass is 875 g/mol. The number of ether oxygens (including phenoxy) is 3. The zero-order valence-corrected chi connectivity index (χ0v) is 40.8. The van der Waals surface area contributed by atoms with Crippen LogP contribution in [0.25, 0.3) is 0 Å². The van der Waals surface area contributed by atoms with E-state index >= 15 is 0 Å². The van der Waals surface area contributed by atoms with E-state index < -0.39 is 6.10 Å². The van der Waals surface area contributed by atoms with E-state index in [0.29, 0.717) is 19.3 Å². The molecule has 358 valence electrons. The van der Waals surface area contributed by atoms with Crippen LogP contribution in [-0.2, 0) is 28.6 Å². The lowest BCUT2D eigenvalue weighted by molar-refractivity contribution is -0.166. The molecule has 6 nitrogen and oxygen atoms in total. The Morgan fingerprint density at radius 3 is 1.16 bits per heavy atom. The quantitative estimate of drug-likeness (QED) is 0.0199. The Labute approximate surface area is 387 Å². The van der Waals surface area contributed by atoms with Crippen molar-refractivity contribution in [3.05, 3.63) is 97.2 Å². The molecular weight excluding hydrogens is 781 g/mol. The maximum absolute atomic E-state index is 12.8. The van der Waals surface area contributed by atoms with Crippen LogP contribution in [0.5, 0.6) is 0 Å². The summed E-state index contributed by atoms with van der Waals surface area (Å²) in [5.74, 6) is -1.05. The molecule has 0 aromatic rings. The molecule has 0 fully saturated rings. The van der Waals surface area contributed by atoms with E-state index in [1.54, 1.807) is 0 Å². The number of rotatable bonds is 45. The van der Waals surface area contributed by atoms with Crippen molar-refractivity contribution in [2.24, 2.45) is 0 Å². The van der Waals surface area contributed by atoms with Crippen molar-refractivity contribution in [3.8, 4) is 0 Å². The highest BCUT2D eigenvalue weighted by Gasteiger charge is 2.19. The number of esters is 3. The van der Waals surface area contributed by atoms with Crippen LogP contribution in [-0.4, -0.2) is 37.2 Å². The Morgan fingerprint density at radius 1 is 0.349 bits per heavy atom. The topological polar surface area (TPSA) is 78.9 Å². The van der Waals surface area contributed by atoms with Gasteiger partial charge in [-0.1, -0.05) is 201 Å². The summed E-state index contributed by atoms with van der Waals surface area (Å²) in [6.07, 6.45) is 66.9. The first-order chi connectivity index (χ1) is 31.0. The smallest absolute Gasteiger partial charge is 0.306 e. The minimum absolute atomic E-state index is 0.120. The molecule has 0 amide bonds. The first kappa shape index (κ1) is 59.3. The molecule has 0 rings (SSSR count). The Balaban J connectivity index is 4.57. The van der Waals surface area contributed by atoms with Crippen molar-refractivity contribution in [2.75, 3.05) is 13.2 Å². The van der Waals surface area contributed by atoms with Gasteiger partial charge < -0.3 is 14.2 Å². The van der Waals surface area contributed by atoms with Gasteiger partial charge in [0.05, 0.1) is 0 Å². The molecule has 0 saturated heterocycles. The summed E-state index contributed by atoms with van der Waals surface area (Å²) in [7, 11) is 0. The fourth-order valence-corrected chi connectivity index (χ4v) is 6.71. The highest BCUT2D eigenvalue weighted by atomic mass is 16.6. The molecule has 0 spiro atoms. The zero-order valence-electron chi connectivity index (χ0n) is 40.8. The van der Waals surface area contributed by atoms with Gasteiger partial charge in [0.1, 0.15) is 13.2 Å². The molecule has 6 heteroatoms. The third-order valence-corrected chi connectivity index (χ3v) is 10.6. The fourth-order valence-electron chi connectivity index (χ4n) is 6.71. The van der Waals surface area contributed by atoms with Gasteiger partial charge in [-0.2, -0.15) is 0 Å². The lowest BCUT2D eigenvalue weighted by Gasteiger charge is -2.18. The third kappa shape index (κ3) is 49.2. The van der Waals surface area contributed by atoms with Gasteiger partial charge >= 0.3 is 17.9 Å². The minimum Gasteiger partial charge on any atom is -0.462 e. The van der Waals surface area contributed by atoms with Crippen LogP contribution in [0.3, 0.4) is 0 Å². The van der Waals surface area contributed by atoms with Crippen LogP contribution in [0.4, 0.5) is 0 Å². The van der Waals surface area contributed by atoms with Crippen molar-refractivity contribution in [2.45, 2.75) is 232 Å². The second-order valence-electron chi connectivity index (χ2n) is 16.7. The Morgan fingerprint density at radius 2 is 0.698 bits per heavy atom. The maximum Gasteiger partial charge on any atom is 0.306 e. The third-order valence-electron chi connectivity index (χ3n) is 10.6. The van der Waals surface area contributed by atoms with Crippen molar-refractivity contribution < 1.29 is 28.6 Å². The molecule has 0 aliphatic heterocycles. The molecule has 0 bridgehead atoms. The molecule has 0 aromatic carbocycles. The summed E-state index contributed by atoms with van der Waals surface area (Å²) in [4.78, 5) is 37.9. The highest BCUT2D eigenvalue weighted by molar-refractivity contribution is 5.71. The first-order valence-electron chi connectivity index (χ1n) is 25.8. The molecule has 0 aromatic heterocycles. The molecule has 0 radical (unpaired) electrons. The average Bonchev–Trinajstić information content (AvgIpc) is 3.28. The predicted molar refractivity (Wildman–Crippen MR) is 270 cm³/mol. The molecule has 0 aliphatic carbocycles. The van der Waals surface area contributed by atoms with E-state index in [4.69, 9.17) is 14.2 Å². The largest absolute Gasteiger partial charge is 0.462 e. The van der Waals surface area contributed by atoms with Crippen LogP contribution in [0.15, 0.2) is 97.2 Å². The average molecular weight is 875 g/mol. The second-order valence-corrected chi connectivity index (χ2v) is 16.7. The standard InChI is InChI=1S/C57H94O6/c1-4-7-10-13-16-19-22-25-27-29-32-35-38-41-44-47-50-56(59)62-53-54(52-61-55(58)49-46-43-40-37-34-31-24-21-18-15-12-9-6-3)63-57(60)51-48-45-42-39-36-33-30-28-26-23-20-17-14-11-8-5-2/h7,10,16,19,25,27-28,30-36,41,44,54H,4-6,8-9,11-15,17-18,20-24,26,29,37-40,42-43,45-53H2,1-3H3/b10-7-,19-16-,27-25-,30-28-,34-31-,35-32-,36-33-,44-41-. The van der Waals surface area contributed by atoms with Crippen LogP contribution < -0.4 is 0 Å². The highest BCUT2D eigenvalue weighted by Crippen LogP contribution is 2.12. The molecule has 0 N–H and O–H groups in total. The van der Waals surface area contributed by atoms with E-state index in [2.05, 4.69) is 106 Å². The van der Waals surface area contributed by atoms with Crippen LogP contribution in [0.1, 0.15) is 226 Å². The number of unbranched alkanes of at least 4 members (excludes halogenated alkanes) is 19. The van der Waals surface area contributed by atoms with Gasteiger partial charge in [-0.3, -0.25) is 14.4 Å². The van der Waals surface area contributed by atoms with E-state index in [1.165, 1.54) is 83.5 Å². The summed E-state index contributed by atoms with van der Waals surface area (Å²) in [5, 5.41) is 0. The Kier molecular flexibility index (Phi) is 48.0. The lowest BCUT2D eigenvalue weighted by atomic mass is 10.1. The molecule has 63 heavy (non-hydrogen) atoms. The van der Waals surface area contributed by atoms with Gasteiger partial charge in [-0.25, -0.2) is 0 Å². The van der Waals surface area contributed by atoms with Crippen molar-refractivity contribution >= 4 is 17.9 Å². The predicted octanol–water partition coefficient (Wildman–Crippen LogP) is 17.0. The molecule has 1 atom stereocenters. The van der Waals surface area contributed by atoms with Crippen LogP contribution >= 0.6 is 0 Å². The Hall–Kier alpha value is -3.67. The molecule has 0 heterocycles. The van der Waals surface area contributed by atoms with Gasteiger partial charge in [0.15, 0.2) is 6.10 Å². The van der Waals surface area contributed by atoms with Crippen LogP contribution in [0, 0.1) is 0 Å². The zero-order chi connectivity index (χ0) is 45.8. The number of carbonyl (C=O) groups excluding carboxylic acids is 3. The SMILES string of the molecule is CC/C=C\C/C=C\C/C=C\C/C=C\C/C=C\CCC(=O)OCC(COC(=O)CCCCC/C=C\CCCCCCCC)OC(=O)CCCCC/C=C\C=C/CCCCCCCCC. The normalized spacial score (nSPS) is 12.9. The van der Waals surface area contributed by atoms with Gasteiger partial charge in [-0.15, -0.1) is 0 Å². The minimum atomic E-state index is -0.827. The van der Waals surface area contributed by atoms with Crippen molar-refractivity contribution in [1.82, 2.24) is 0 Å². The van der Waals surface area contributed by atoms with Crippen molar-refractivity contribution in [3.63, 3.8) is 0 Å². The van der Waals surface area contributed by atoms with E-state index in [1.807, 2.05) is 12.2 Å². The second kappa shape index (κ2) is 51.0. The summed E-state index contributed by atoms with van der Waals surface area (Å²) < 4.78 is 16.7. The van der Waals surface area contributed by atoms with E-state index in [0.717, 1.165) is 89.9 Å². The molecule has 0 saturated carbocycles. The van der Waals surface area contributed by atoms with E-state index in [9.17, 15) is 14.4 Å². The first-order valence-corrected chi connectivity index (χ1v) is 25.8. The summed E-state index contributed by atoms with van der Waals surface area (Å²) in [6.45, 7) is 6.40. The maximum atomic E-state index is 12.8. The van der Waals surface area contributed by atoms with Crippen molar-refractivity contribution in [1.29, 1.82) is 0 Å². The van der Waals surface area contributed by atoms with Gasteiger partial charge in [0.2, 0.25) is 0 Å². The fraction of sp³-hybridized carbons (Fsp3) is 0.667. The molecule has 1 unspecified atom stereocenters. The van der Waals surface area contributed by atoms with E-state index in [-0.39, 0.29) is 44.0 Å². The van der Waals surface area contributed by atoms with Gasteiger partial charge in [-0.05, 0) is 103 Å². The summed E-state index contributed by atoms with van der Waals surface area (Å²) >= 11 is 0. The summed E-state index contributed by atoms with van der Waals surface area (Å²) in [6, 6.07) is 0. The molecule has 0 aliphatic rings. The van der Waals surface area contributed by atoms with Crippen LogP contribution in [0.2, 0.25) is 0 Å². The van der Waals surface area contributed by atoms with Gasteiger partial charge in [0, 0.05) is 19.3 Å². The molecular formula is C57H94O6. The van der Waals surface area contributed by atoms with Gasteiger partial charge in [0.25, 0.3) is 0 Å². The number of hydrogen-bond acceptors (Lipinski definition) is 6. The summed E-state index contributed by atoms with van der Waals surface area (Å²) in [5.41, 5.74) is 0. The number of hydrogen-bond donors (Lipinski definition) is 0. The Bertz CT molecular complexity index is 1280. The number of carbonyl (C=O) groups is 3.